The van der Waals surface area contributed by atoms with Crippen molar-refractivity contribution in [2.24, 2.45) is 0 Å². The quantitative estimate of drug-likeness (QED) is 0.594. The van der Waals surface area contributed by atoms with Gasteiger partial charge in [0.1, 0.15) is 12.6 Å². The van der Waals surface area contributed by atoms with Crippen molar-refractivity contribution in [2.75, 3.05) is 6.54 Å². The van der Waals surface area contributed by atoms with Crippen molar-refractivity contribution >= 4 is 0 Å². The molecule has 16 heavy (non-hydrogen) atoms. The summed E-state index contributed by atoms with van der Waals surface area (Å²) in [7, 11) is 0. The Balaban J connectivity index is 0.00000225. The minimum absolute atomic E-state index is 0. The van der Waals surface area contributed by atoms with Crippen LogP contribution in [-0.2, 0) is 6.42 Å². The topological polar surface area (TPSA) is 36.8 Å². The maximum atomic E-state index is 9.73. The van der Waals surface area contributed by atoms with Gasteiger partial charge in [-0.2, -0.15) is 0 Å². The summed E-state index contributed by atoms with van der Waals surface area (Å²) in [6.45, 7) is 5.10. The molecular formula is C13H22ClNO. The lowest BCUT2D eigenvalue weighted by Gasteiger charge is -2.11. The van der Waals surface area contributed by atoms with Crippen LogP contribution in [0.3, 0.4) is 0 Å². The highest BCUT2D eigenvalue weighted by Gasteiger charge is 2.07. The van der Waals surface area contributed by atoms with Crippen molar-refractivity contribution in [3.8, 4) is 0 Å². The molecule has 0 spiro atoms. The number of nitrogens with two attached hydrogens (primary N) is 1. The highest BCUT2D eigenvalue weighted by Crippen LogP contribution is 2.03. The largest absolute Gasteiger partial charge is 1.00 e. The third kappa shape index (κ3) is 6.83. The molecule has 3 heteroatoms. The highest BCUT2D eigenvalue weighted by molar-refractivity contribution is 5.14. The molecule has 0 saturated carbocycles. The van der Waals surface area contributed by atoms with Crippen LogP contribution in [-0.4, -0.2) is 23.8 Å². The Labute approximate surface area is 104 Å². The summed E-state index contributed by atoms with van der Waals surface area (Å²) in [4.78, 5) is 0. The van der Waals surface area contributed by atoms with Crippen LogP contribution >= 0.6 is 0 Å². The molecule has 0 aliphatic rings. The Hall–Kier alpha value is -0.570. The van der Waals surface area contributed by atoms with E-state index in [9.17, 15) is 5.11 Å². The number of hydrogen-bond acceptors (Lipinski definition) is 1. The summed E-state index contributed by atoms with van der Waals surface area (Å²) in [5, 5.41) is 11.9. The summed E-state index contributed by atoms with van der Waals surface area (Å²) >= 11 is 0. The van der Waals surface area contributed by atoms with E-state index in [4.69, 9.17) is 0 Å². The van der Waals surface area contributed by atoms with Gasteiger partial charge < -0.3 is 22.8 Å². The van der Waals surface area contributed by atoms with Crippen LogP contribution in [0.15, 0.2) is 30.3 Å². The van der Waals surface area contributed by atoms with Crippen LogP contribution in [0.1, 0.15) is 25.8 Å². The van der Waals surface area contributed by atoms with Gasteiger partial charge in [-0.25, -0.2) is 0 Å². The Kier molecular flexibility index (Phi) is 8.26. The zero-order valence-electron chi connectivity index (χ0n) is 10.1. The minimum atomic E-state index is -0.187. The van der Waals surface area contributed by atoms with Gasteiger partial charge in [-0.3, -0.25) is 0 Å². The Morgan fingerprint density at radius 1 is 1.19 bits per heavy atom. The molecule has 3 N–H and O–H groups in total. The van der Waals surface area contributed by atoms with E-state index < -0.39 is 0 Å². The number of benzene rings is 1. The van der Waals surface area contributed by atoms with Crippen molar-refractivity contribution in [3.63, 3.8) is 0 Å². The summed E-state index contributed by atoms with van der Waals surface area (Å²) in [5.74, 6) is 0. The van der Waals surface area contributed by atoms with E-state index in [1.54, 1.807) is 0 Å². The molecule has 0 fully saturated rings. The average molecular weight is 244 g/mol. The number of quaternary nitrogens is 1. The van der Waals surface area contributed by atoms with Gasteiger partial charge in [-0.1, -0.05) is 30.3 Å². The fraction of sp³-hybridized carbons (Fsp3) is 0.538. The number of aliphatic hydroxyl groups excluding tert-OH is 1. The SMILES string of the molecule is CC(C)[NH2+]CC(O)CCc1ccccc1.[Cl-]. The minimum Gasteiger partial charge on any atom is -1.00 e. The molecule has 1 aromatic carbocycles. The van der Waals surface area contributed by atoms with Crippen LogP contribution in [0.2, 0.25) is 0 Å². The predicted molar refractivity (Wildman–Crippen MR) is 62.7 cm³/mol. The second kappa shape index (κ2) is 8.57. The fourth-order valence-electron chi connectivity index (χ4n) is 1.53. The molecule has 1 atom stereocenters. The predicted octanol–water partition coefficient (Wildman–Crippen LogP) is -2.04. The molecule has 0 amide bonds. The third-order valence-corrected chi connectivity index (χ3v) is 2.49. The molecule has 0 radical (unpaired) electrons. The molecule has 0 aliphatic carbocycles. The van der Waals surface area contributed by atoms with Crippen LogP contribution in [0.25, 0.3) is 0 Å². The Morgan fingerprint density at radius 2 is 1.81 bits per heavy atom. The number of aryl methyl sites for hydroxylation is 1. The zero-order valence-corrected chi connectivity index (χ0v) is 10.8. The molecule has 0 saturated heterocycles. The number of halogens is 1. The van der Waals surface area contributed by atoms with Gasteiger partial charge in [0.2, 0.25) is 0 Å². The molecule has 0 aromatic heterocycles. The first-order valence-corrected chi connectivity index (χ1v) is 5.74. The van der Waals surface area contributed by atoms with Crippen molar-refractivity contribution in [3.05, 3.63) is 35.9 Å². The lowest BCUT2D eigenvalue weighted by Crippen LogP contribution is -3.00. The molecule has 0 aliphatic heterocycles. The van der Waals surface area contributed by atoms with Gasteiger partial charge in [0.05, 0.1) is 6.04 Å². The molecule has 1 unspecified atom stereocenters. The average Bonchev–Trinajstić information content (AvgIpc) is 2.25. The van der Waals surface area contributed by atoms with Crippen molar-refractivity contribution < 1.29 is 22.8 Å². The Morgan fingerprint density at radius 3 is 2.38 bits per heavy atom. The first-order valence-electron chi connectivity index (χ1n) is 5.74. The number of aliphatic hydroxyl groups is 1. The normalized spacial score (nSPS) is 12.2. The summed E-state index contributed by atoms with van der Waals surface area (Å²) < 4.78 is 0. The van der Waals surface area contributed by atoms with E-state index in [0.29, 0.717) is 6.04 Å². The van der Waals surface area contributed by atoms with Gasteiger partial charge in [0, 0.05) is 0 Å². The first-order chi connectivity index (χ1) is 7.18. The lowest BCUT2D eigenvalue weighted by atomic mass is 10.1. The van der Waals surface area contributed by atoms with Crippen LogP contribution < -0.4 is 17.7 Å². The second-order valence-corrected chi connectivity index (χ2v) is 4.39. The van der Waals surface area contributed by atoms with E-state index >= 15 is 0 Å². The molecule has 2 nitrogen and oxygen atoms in total. The lowest BCUT2D eigenvalue weighted by molar-refractivity contribution is -0.688. The second-order valence-electron chi connectivity index (χ2n) is 4.39. The zero-order chi connectivity index (χ0) is 11.1. The monoisotopic (exact) mass is 243 g/mol. The number of hydrogen-bond donors (Lipinski definition) is 2. The third-order valence-electron chi connectivity index (χ3n) is 2.49. The van der Waals surface area contributed by atoms with E-state index in [1.807, 2.05) is 18.2 Å². The smallest absolute Gasteiger partial charge is 0.103 e. The molecular weight excluding hydrogens is 222 g/mol. The van der Waals surface area contributed by atoms with Crippen LogP contribution in [0, 0.1) is 0 Å². The maximum Gasteiger partial charge on any atom is 0.103 e. The molecule has 1 rings (SSSR count). The Bertz CT molecular complexity index is 264. The van der Waals surface area contributed by atoms with Crippen molar-refractivity contribution in [2.45, 2.75) is 38.8 Å². The van der Waals surface area contributed by atoms with Gasteiger partial charge in [-0.05, 0) is 32.3 Å². The number of rotatable bonds is 6. The highest BCUT2D eigenvalue weighted by atomic mass is 35.5. The van der Waals surface area contributed by atoms with Gasteiger partial charge in [-0.15, -0.1) is 0 Å². The van der Waals surface area contributed by atoms with Gasteiger partial charge in [0.15, 0.2) is 0 Å². The van der Waals surface area contributed by atoms with E-state index in [2.05, 4.69) is 31.3 Å². The summed E-state index contributed by atoms with van der Waals surface area (Å²) in [6.07, 6.45) is 1.63. The molecule has 0 heterocycles. The van der Waals surface area contributed by atoms with Crippen molar-refractivity contribution in [1.29, 1.82) is 0 Å². The van der Waals surface area contributed by atoms with E-state index in [1.165, 1.54) is 5.56 Å². The molecule has 0 bridgehead atoms. The van der Waals surface area contributed by atoms with Crippen LogP contribution in [0.4, 0.5) is 0 Å². The summed E-state index contributed by atoms with van der Waals surface area (Å²) in [5.41, 5.74) is 1.31. The van der Waals surface area contributed by atoms with Crippen LogP contribution in [0.5, 0.6) is 0 Å². The standard InChI is InChI=1S/C13H21NO.ClH/c1-11(2)14-10-13(15)9-8-12-6-4-3-5-7-12;/h3-7,11,13-15H,8-10H2,1-2H3;1H. The fourth-order valence-corrected chi connectivity index (χ4v) is 1.53. The van der Waals surface area contributed by atoms with Gasteiger partial charge in [0.25, 0.3) is 0 Å². The van der Waals surface area contributed by atoms with Gasteiger partial charge >= 0.3 is 0 Å². The first kappa shape index (κ1) is 15.4. The van der Waals surface area contributed by atoms with Crippen molar-refractivity contribution in [1.82, 2.24) is 0 Å². The maximum absolute atomic E-state index is 9.73. The van der Waals surface area contributed by atoms with E-state index in [-0.39, 0.29) is 18.5 Å². The van der Waals surface area contributed by atoms with E-state index in [0.717, 1.165) is 19.4 Å². The molecule has 92 valence electrons. The molecule has 1 aromatic rings. The summed E-state index contributed by atoms with van der Waals surface area (Å²) in [6, 6.07) is 10.9.